The summed E-state index contributed by atoms with van der Waals surface area (Å²) in [6.45, 7) is 0. The first kappa shape index (κ1) is 18.7. The second kappa shape index (κ2) is 6.85. The van der Waals surface area contributed by atoms with Crippen LogP contribution in [0.15, 0.2) is 88.9 Å². The lowest BCUT2D eigenvalue weighted by Gasteiger charge is -2.00. The molecule has 3 nitrogen and oxygen atoms in total. The van der Waals surface area contributed by atoms with Crippen molar-refractivity contribution in [2.24, 2.45) is 0 Å². The molecule has 156 valence electrons. The normalized spacial score (nSPS) is 13.5. The third-order valence-electron chi connectivity index (χ3n) is 6.05. The van der Waals surface area contributed by atoms with Gasteiger partial charge in [0.15, 0.2) is 11.6 Å². The van der Waals surface area contributed by atoms with E-state index >= 15 is 0 Å². The minimum absolute atomic E-state index is 0.194. The van der Waals surface area contributed by atoms with Crippen molar-refractivity contribution in [1.82, 2.24) is 0 Å². The summed E-state index contributed by atoms with van der Waals surface area (Å²) in [6.07, 6.45) is 1.74. The Morgan fingerprint density at radius 3 is 1.97 bits per heavy atom. The maximum Gasteiger partial charge on any atom is 0.197 e. The van der Waals surface area contributed by atoms with E-state index in [9.17, 15) is 9.59 Å². The second-order valence-corrected chi connectivity index (χ2v) is 10.3. The summed E-state index contributed by atoms with van der Waals surface area (Å²) in [5, 5.41) is 3.02. The van der Waals surface area contributed by atoms with Gasteiger partial charge in [-0.15, -0.1) is 22.7 Å². The molecule has 0 unspecified atom stereocenters. The van der Waals surface area contributed by atoms with E-state index in [-0.39, 0.29) is 17.1 Å². The first-order valence-electron chi connectivity index (χ1n) is 10.5. The number of fused-ring (bicyclic) bond motifs is 4. The van der Waals surface area contributed by atoms with Crippen LogP contribution < -0.4 is 0 Å². The molecule has 33 heavy (non-hydrogen) atoms. The van der Waals surface area contributed by atoms with Crippen LogP contribution in [0.1, 0.15) is 25.6 Å². The molecule has 3 aromatic heterocycles. The maximum absolute atomic E-state index is 13.0. The minimum atomic E-state index is -0.194. The van der Waals surface area contributed by atoms with E-state index in [2.05, 4.69) is 12.1 Å². The molecule has 0 bridgehead atoms. The van der Waals surface area contributed by atoms with Crippen LogP contribution in [0.25, 0.3) is 47.9 Å². The Labute approximate surface area is 196 Å². The molecule has 1 aliphatic carbocycles. The van der Waals surface area contributed by atoms with Gasteiger partial charge in [-0.05, 0) is 53.2 Å². The van der Waals surface area contributed by atoms with E-state index in [1.165, 1.54) is 0 Å². The van der Waals surface area contributed by atoms with Gasteiger partial charge in [0.2, 0.25) is 0 Å². The molecule has 3 aromatic carbocycles. The summed E-state index contributed by atoms with van der Waals surface area (Å²) in [5.74, 6) is 0.467. The summed E-state index contributed by atoms with van der Waals surface area (Å²) in [5.41, 5.74) is 2.11. The van der Waals surface area contributed by atoms with Crippen LogP contribution in [0.4, 0.5) is 0 Å². The maximum atomic E-state index is 13.0. The number of hydrogen-bond donors (Lipinski definition) is 0. The number of allylic oxidation sites excluding steroid dienone is 1. The molecule has 0 amide bonds. The highest BCUT2D eigenvalue weighted by Crippen LogP contribution is 2.41. The summed E-state index contributed by atoms with van der Waals surface area (Å²) < 4.78 is 8.23. The number of furan rings is 1. The molecule has 6 aromatic rings. The van der Waals surface area contributed by atoms with Crippen LogP contribution >= 0.6 is 22.7 Å². The van der Waals surface area contributed by atoms with Crippen molar-refractivity contribution in [3.05, 3.63) is 100 Å². The predicted octanol–water partition coefficient (Wildman–Crippen LogP) is 7.99. The van der Waals surface area contributed by atoms with Gasteiger partial charge in [0.25, 0.3) is 0 Å². The number of rotatable bonds is 2. The zero-order valence-electron chi connectivity index (χ0n) is 17.1. The van der Waals surface area contributed by atoms with E-state index in [1.54, 1.807) is 28.7 Å². The van der Waals surface area contributed by atoms with E-state index in [0.717, 1.165) is 46.7 Å². The minimum Gasteiger partial charge on any atom is -0.455 e. The average molecular weight is 463 g/mol. The highest BCUT2D eigenvalue weighted by atomic mass is 32.1. The molecular weight excluding hydrogens is 448 g/mol. The van der Waals surface area contributed by atoms with Crippen LogP contribution in [-0.2, 0) is 0 Å². The number of hydrogen-bond acceptors (Lipinski definition) is 5. The predicted molar refractivity (Wildman–Crippen MR) is 135 cm³/mol. The molecule has 0 spiro atoms. The Morgan fingerprint density at radius 1 is 0.667 bits per heavy atom. The number of thiophene rings is 2. The summed E-state index contributed by atoms with van der Waals surface area (Å²) in [4.78, 5) is 28.0. The monoisotopic (exact) mass is 462 g/mol. The zero-order chi connectivity index (χ0) is 22.1. The van der Waals surface area contributed by atoms with Gasteiger partial charge in [-0.1, -0.05) is 42.5 Å². The van der Waals surface area contributed by atoms with Crippen molar-refractivity contribution in [3.63, 3.8) is 0 Å². The van der Waals surface area contributed by atoms with Gasteiger partial charge in [-0.25, -0.2) is 0 Å². The molecule has 0 fully saturated rings. The molecule has 0 saturated heterocycles. The summed E-state index contributed by atoms with van der Waals surface area (Å²) in [6, 6.07) is 25.7. The van der Waals surface area contributed by atoms with Crippen LogP contribution in [0, 0.1) is 0 Å². The fourth-order valence-corrected chi connectivity index (χ4v) is 6.74. The van der Waals surface area contributed by atoms with Crippen LogP contribution in [0.5, 0.6) is 0 Å². The second-order valence-electron chi connectivity index (χ2n) is 8.10. The molecule has 0 radical (unpaired) electrons. The first-order valence-corrected chi connectivity index (χ1v) is 12.1. The fraction of sp³-hybridized carbons (Fsp3) is 0. The Hall–Kier alpha value is -3.80. The number of Topliss-reactive ketones (excluding diaryl/α,β-unsaturated/α-hetero) is 2. The van der Waals surface area contributed by atoms with Gasteiger partial charge in [0, 0.05) is 30.8 Å². The summed E-state index contributed by atoms with van der Waals surface area (Å²) >= 11 is 3.23. The number of para-hydroxylation sites is 1. The lowest BCUT2D eigenvalue weighted by atomic mass is 10.0. The van der Waals surface area contributed by atoms with E-state index in [4.69, 9.17) is 4.42 Å². The van der Waals surface area contributed by atoms with Gasteiger partial charge in [-0.2, -0.15) is 0 Å². The average Bonchev–Trinajstić information content (AvgIpc) is 3.57. The van der Waals surface area contributed by atoms with Crippen LogP contribution in [-0.4, -0.2) is 11.6 Å². The molecule has 3 heterocycles. The quantitative estimate of drug-likeness (QED) is 0.193. The lowest BCUT2D eigenvalue weighted by Crippen LogP contribution is -1.99. The molecule has 0 saturated carbocycles. The Morgan fingerprint density at radius 2 is 1.30 bits per heavy atom. The molecule has 7 rings (SSSR count). The Balaban J connectivity index is 1.26. The van der Waals surface area contributed by atoms with Crippen molar-refractivity contribution in [1.29, 1.82) is 0 Å². The highest BCUT2D eigenvalue weighted by molar-refractivity contribution is 7.29. The van der Waals surface area contributed by atoms with E-state index in [1.807, 2.05) is 66.7 Å². The van der Waals surface area contributed by atoms with Crippen molar-refractivity contribution in [3.8, 4) is 10.6 Å². The standard InChI is InChI=1S/C28H14O3S2/c29-27-19-9-15-5-1-2-6-16(15)10-20(19)28(30)21(27)12-18-13-25-26(32-18)14-24(33-25)23-11-17-7-3-4-8-22(17)31-23/h1-14H. The third kappa shape index (κ3) is 2.86. The fourth-order valence-electron chi connectivity index (χ4n) is 4.43. The molecule has 5 heteroatoms. The molecule has 0 atom stereocenters. The van der Waals surface area contributed by atoms with Gasteiger partial charge >= 0.3 is 0 Å². The smallest absolute Gasteiger partial charge is 0.197 e. The largest absolute Gasteiger partial charge is 0.455 e. The van der Waals surface area contributed by atoms with Crippen molar-refractivity contribution < 1.29 is 14.0 Å². The van der Waals surface area contributed by atoms with Crippen LogP contribution in [0.3, 0.4) is 0 Å². The van der Waals surface area contributed by atoms with Gasteiger partial charge in [-0.3, -0.25) is 9.59 Å². The van der Waals surface area contributed by atoms with E-state index in [0.29, 0.717) is 11.1 Å². The van der Waals surface area contributed by atoms with Crippen molar-refractivity contribution in [2.45, 2.75) is 0 Å². The Kier molecular flexibility index (Phi) is 3.89. The molecular formula is C28H14O3S2. The molecule has 1 aliphatic rings. The van der Waals surface area contributed by atoms with Crippen molar-refractivity contribution in [2.75, 3.05) is 0 Å². The number of carbonyl (C=O) groups excluding carboxylic acids is 2. The zero-order valence-corrected chi connectivity index (χ0v) is 18.8. The van der Waals surface area contributed by atoms with Gasteiger partial charge in [0.1, 0.15) is 11.3 Å². The Bertz CT molecular complexity index is 1690. The van der Waals surface area contributed by atoms with Crippen molar-refractivity contribution >= 4 is 71.5 Å². The van der Waals surface area contributed by atoms with Gasteiger partial charge < -0.3 is 4.42 Å². The SMILES string of the molecule is O=C1C(=Cc2cc3sc(-c4cc5ccccc5o4)cc3s2)C(=O)c2cc3ccccc3cc21. The summed E-state index contributed by atoms with van der Waals surface area (Å²) in [7, 11) is 0. The highest BCUT2D eigenvalue weighted by Gasteiger charge is 2.33. The van der Waals surface area contributed by atoms with E-state index < -0.39 is 0 Å². The number of ketones is 2. The number of carbonyl (C=O) groups is 2. The topological polar surface area (TPSA) is 47.3 Å². The molecule has 0 aliphatic heterocycles. The first-order chi connectivity index (χ1) is 16.1. The molecule has 0 N–H and O–H groups in total. The van der Waals surface area contributed by atoms with Gasteiger partial charge in [0.05, 0.1) is 10.5 Å². The lowest BCUT2D eigenvalue weighted by molar-refractivity contribution is 0.0990. The number of benzene rings is 3. The third-order valence-corrected chi connectivity index (χ3v) is 8.30. The van der Waals surface area contributed by atoms with Crippen LogP contribution in [0.2, 0.25) is 0 Å².